The van der Waals surface area contributed by atoms with Gasteiger partial charge in [0.1, 0.15) is 12.1 Å². The third-order valence-corrected chi connectivity index (χ3v) is 1.14. The summed E-state index contributed by atoms with van der Waals surface area (Å²) in [5.41, 5.74) is 0. The normalized spacial score (nSPS) is 11.5. The van der Waals surface area contributed by atoms with E-state index in [1.54, 1.807) is 0 Å². The largest absolute Gasteiger partial charge is 0.369 e. The van der Waals surface area contributed by atoms with Crippen LogP contribution in [0.2, 0.25) is 0 Å². The van der Waals surface area contributed by atoms with Gasteiger partial charge >= 0.3 is 0 Å². The molecular weight excluding hydrogens is 140 g/mol. The van der Waals surface area contributed by atoms with Crippen LogP contribution in [0.4, 0.5) is 0 Å². The number of carbonyl (C=O) groups is 1. The first kappa shape index (κ1) is 10.0. The molecule has 0 atom stereocenters. The molecule has 1 N–H and O–H groups in total. The van der Waals surface area contributed by atoms with Crippen molar-refractivity contribution in [1.29, 1.82) is 0 Å². The van der Waals surface area contributed by atoms with E-state index in [1.165, 1.54) is 6.08 Å². The van der Waals surface area contributed by atoms with Crippen molar-refractivity contribution >= 4 is 6.29 Å². The second-order valence-corrected chi connectivity index (χ2v) is 2.88. The Bertz CT molecular complexity index is 150. The summed E-state index contributed by atoms with van der Waals surface area (Å²) in [6, 6.07) is 0.351. The Morgan fingerprint density at radius 2 is 2.00 bits per heavy atom. The summed E-state index contributed by atoms with van der Waals surface area (Å²) < 4.78 is 0. The molecule has 0 heterocycles. The van der Waals surface area contributed by atoms with Crippen LogP contribution in [0.25, 0.3) is 0 Å². The molecule has 0 aliphatic heterocycles. The van der Waals surface area contributed by atoms with Gasteiger partial charge in [0, 0.05) is 26.2 Å². The highest BCUT2D eigenvalue weighted by Crippen LogP contribution is 1.93. The third kappa shape index (κ3) is 4.42. The minimum atomic E-state index is 0.351. The number of nitrogens with one attached hydrogen (secondary N) is 1. The molecule has 3 nitrogen and oxygen atoms in total. The van der Waals surface area contributed by atoms with Crippen molar-refractivity contribution in [2.75, 3.05) is 14.1 Å². The Balaban J connectivity index is 4.11. The zero-order valence-corrected chi connectivity index (χ0v) is 7.59. The fourth-order valence-electron chi connectivity index (χ4n) is 0.686. The van der Waals surface area contributed by atoms with Crippen LogP contribution < -0.4 is 5.32 Å². The van der Waals surface area contributed by atoms with Gasteiger partial charge in [0.05, 0.1) is 0 Å². The van der Waals surface area contributed by atoms with Gasteiger partial charge in [-0.15, -0.1) is 0 Å². The minimum Gasteiger partial charge on any atom is -0.369 e. The summed E-state index contributed by atoms with van der Waals surface area (Å²) in [6.45, 7) is 4.06. The number of hydrogen-bond acceptors (Lipinski definition) is 3. The lowest BCUT2D eigenvalue weighted by atomic mass is 10.4. The van der Waals surface area contributed by atoms with Gasteiger partial charge in [0.25, 0.3) is 0 Å². The van der Waals surface area contributed by atoms with Gasteiger partial charge in [-0.25, -0.2) is 0 Å². The molecule has 11 heavy (non-hydrogen) atoms. The molecule has 0 bridgehead atoms. The van der Waals surface area contributed by atoms with Crippen LogP contribution >= 0.6 is 0 Å². The van der Waals surface area contributed by atoms with Crippen LogP contribution in [0.1, 0.15) is 13.8 Å². The summed E-state index contributed by atoms with van der Waals surface area (Å²) in [7, 11) is 3.79. The quantitative estimate of drug-likeness (QED) is 0.477. The number of carbonyl (C=O) groups excluding carboxylic acids is 1. The van der Waals surface area contributed by atoms with E-state index in [2.05, 4.69) is 5.32 Å². The second kappa shape index (κ2) is 4.77. The van der Waals surface area contributed by atoms with E-state index in [0.717, 1.165) is 12.1 Å². The standard InChI is InChI=1S/C8H16N2O/c1-7(2)9-8(5-6-11)10(3)4/h5-7,9H,1-4H3. The molecule has 0 aromatic rings. The fourth-order valence-corrected chi connectivity index (χ4v) is 0.686. The number of rotatable bonds is 4. The van der Waals surface area contributed by atoms with Crippen molar-refractivity contribution in [3.05, 3.63) is 11.9 Å². The zero-order chi connectivity index (χ0) is 8.85. The highest BCUT2D eigenvalue weighted by Gasteiger charge is 1.99. The summed E-state index contributed by atoms with van der Waals surface area (Å²) >= 11 is 0. The van der Waals surface area contributed by atoms with Crippen molar-refractivity contribution in [3.63, 3.8) is 0 Å². The predicted octanol–water partition coefficient (Wildman–Crippen LogP) is 0.586. The smallest absolute Gasteiger partial charge is 0.146 e. The molecule has 0 saturated heterocycles. The lowest BCUT2D eigenvalue weighted by molar-refractivity contribution is -0.104. The Labute approximate surface area is 68.1 Å². The Morgan fingerprint density at radius 3 is 2.27 bits per heavy atom. The highest BCUT2D eigenvalue weighted by molar-refractivity contribution is 5.65. The van der Waals surface area contributed by atoms with E-state index in [1.807, 2.05) is 32.8 Å². The molecule has 0 radical (unpaired) electrons. The molecule has 0 aliphatic rings. The zero-order valence-electron chi connectivity index (χ0n) is 7.59. The van der Waals surface area contributed by atoms with E-state index in [9.17, 15) is 4.79 Å². The molecule has 0 aromatic heterocycles. The van der Waals surface area contributed by atoms with Crippen molar-refractivity contribution in [3.8, 4) is 0 Å². The fraction of sp³-hybridized carbons (Fsp3) is 0.625. The average Bonchev–Trinajstić information content (AvgIpc) is 1.86. The first-order valence-corrected chi connectivity index (χ1v) is 3.67. The van der Waals surface area contributed by atoms with Crippen LogP contribution in [0.5, 0.6) is 0 Å². The van der Waals surface area contributed by atoms with Gasteiger partial charge in [0.15, 0.2) is 0 Å². The Kier molecular flexibility index (Phi) is 4.34. The van der Waals surface area contributed by atoms with Crippen molar-refractivity contribution in [2.24, 2.45) is 0 Å². The van der Waals surface area contributed by atoms with Gasteiger partial charge in [-0.05, 0) is 13.8 Å². The first-order valence-electron chi connectivity index (χ1n) is 3.67. The Hall–Kier alpha value is -0.990. The lowest BCUT2D eigenvalue weighted by Crippen LogP contribution is -2.30. The molecule has 0 rings (SSSR count). The molecule has 0 spiro atoms. The molecule has 0 aromatic carbocycles. The Morgan fingerprint density at radius 1 is 1.45 bits per heavy atom. The summed E-state index contributed by atoms with van der Waals surface area (Å²) in [5.74, 6) is 0.843. The van der Waals surface area contributed by atoms with Gasteiger partial charge in [-0.1, -0.05) is 0 Å². The number of nitrogens with zero attached hydrogens (tertiary/aromatic N) is 1. The van der Waals surface area contributed by atoms with Gasteiger partial charge < -0.3 is 10.2 Å². The van der Waals surface area contributed by atoms with E-state index in [-0.39, 0.29) is 0 Å². The van der Waals surface area contributed by atoms with Crippen molar-refractivity contribution in [2.45, 2.75) is 19.9 Å². The van der Waals surface area contributed by atoms with Gasteiger partial charge in [-0.3, -0.25) is 4.79 Å². The maximum absolute atomic E-state index is 10.2. The molecule has 0 aliphatic carbocycles. The number of allylic oxidation sites excluding steroid dienone is 1. The van der Waals surface area contributed by atoms with Crippen LogP contribution in [-0.2, 0) is 4.79 Å². The second-order valence-electron chi connectivity index (χ2n) is 2.88. The van der Waals surface area contributed by atoms with E-state index >= 15 is 0 Å². The summed E-state index contributed by atoms with van der Waals surface area (Å²) in [5, 5.41) is 3.14. The molecule has 64 valence electrons. The third-order valence-electron chi connectivity index (χ3n) is 1.14. The monoisotopic (exact) mass is 156 g/mol. The van der Waals surface area contributed by atoms with Crippen molar-refractivity contribution in [1.82, 2.24) is 10.2 Å². The maximum Gasteiger partial charge on any atom is 0.146 e. The lowest BCUT2D eigenvalue weighted by Gasteiger charge is -2.20. The van der Waals surface area contributed by atoms with Gasteiger partial charge in [0.2, 0.25) is 0 Å². The summed E-state index contributed by atoms with van der Waals surface area (Å²) in [4.78, 5) is 12.0. The van der Waals surface area contributed by atoms with Crippen LogP contribution in [0, 0.1) is 0 Å². The average molecular weight is 156 g/mol. The first-order chi connectivity index (χ1) is 5.07. The molecule has 0 fully saturated rings. The number of aldehydes is 1. The topological polar surface area (TPSA) is 32.3 Å². The van der Waals surface area contributed by atoms with Crippen LogP contribution in [0.15, 0.2) is 11.9 Å². The molecule has 3 heteroatoms. The van der Waals surface area contributed by atoms with Crippen LogP contribution in [0.3, 0.4) is 0 Å². The van der Waals surface area contributed by atoms with Gasteiger partial charge in [-0.2, -0.15) is 0 Å². The highest BCUT2D eigenvalue weighted by atomic mass is 16.1. The SMILES string of the molecule is CC(C)NC(=CC=O)N(C)C. The predicted molar refractivity (Wildman–Crippen MR) is 46.1 cm³/mol. The molecule has 0 saturated carbocycles. The van der Waals surface area contributed by atoms with E-state index < -0.39 is 0 Å². The molecule has 0 unspecified atom stereocenters. The number of hydrogen-bond donors (Lipinski definition) is 1. The summed E-state index contributed by atoms with van der Waals surface area (Å²) in [6.07, 6.45) is 2.30. The maximum atomic E-state index is 10.2. The minimum absolute atomic E-state index is 0.351. The van der Waals surface area contributed by atoms with Crippen molar-refractivity contribution < 1.29 is 4.79 Å². The van der Waals surface area contributed by atoms with E-state index in [4.69, 9.17) is 0 Å². The molecule has 0 amide bonds. The van der Waals surface area contributed by atoms with Crippen LogP contribution in [-0.4, -0.2) is 31.3 Å². The molecular formula is C8H16N2O. The van der Waals surface area contributed by atoms with E-state index in [0.29, 0.717) is 6.04 Å².